The van der Waals surface area contributed by atoms with Crippen LogP contribution in [0.1, 0.15) is 34.1 Å². The highest BCUT2D eigenvalue weighted by Crippen LogP contribution is 2.22. The first-order chi connectivity index (χ1) is 9.19. The van der Waals surface area contributed by atoms with Gasteiger partial charge in [-0.05, 0) is 13.0 Å². The number of rotatable bonds is 10. The van der Waals surface area contributed by atoms with E-state index in [1.165, 1.54) is 0 Å². The van der Waals surface area contributed by atoms with Gasteiger partial charge in [-0.15, -0.1) is 0 Å². The van der Waals surface area contributed by atoms with Crippen LogP contribution in [0.3, 0.4) is 0 Å². The van der Waals surface area contributed by atoms with Gasteiger partial charge in [0.25, 0.3) is 0 Å². The average molecular weight is 306 g/mol. The van der Waals surface area contributed by atoms with Gasteiger partial charge in [0, 0.05) is 16.6 Å². The Balaban J connectivity index is 4.10. The standard InChI is InChI=1S/C14H30N2O3S/c1-5-14(4,7-15)10-18-8-13(2,3)9-19-12(17)11(16)6-20/h11,20H,5-10,15-16H2,1-4H3. The van der Waals surface area contributed by atoms with Crippen molar-refractivity contribution in [3.05, 3.63) is 0 Å². The van der Waals surface area contributed by atoms with Crippen LogP contribution in [0.25, 0.3) is 0 Å². The zero-order valence-electron chi connectivity index (χ0n) is 13.1. The lowest BCUT2D eigenvalue weighted by Crippen LogP contribution is -2.38. The number of hydrogen-bond donors (Lipinski definition) is 3. The number of carbonyl (C=O) groups excluding carboxylic acids is 1. The van der Waals surface area contributed by atoms with Crippen molar-refractivity contribution in [1.82, 2.24) is 0 Å². The molecule has 0 fully saturated rings. The fourth-order valence-electron chi connectivity index (χ4n) is 1.37. The SMILES string of the molecule is CCC(C)(CN)COCC(C)(C)COC(=O)C(N)CS. The van der Waals surface area contributed by atoms with E-state index < -0.39 is 12.0 Å². The number of esters is 1. The Morgan fingerprint density at radius 3 is 2.30 bits per heavy atom. The summed E-state index contributed by atoms with van der Waals surface area (Å²) in [4.78, 5) is 11.5. The fraction of sp³-hybridized carbons (Fsp3) is 0.929. The molecule has 20 heavy (non-hydrogen) atoms. The molecule has 0 aromatic heterocycles. The maximum Gasteiger partial charge on any atom is 0.323 e. The molecule has 5 nitrogen and oxygen atoms in total. The van der Waals surface area contributed by atoms with Gasteiger partial charge >= 0.3 is 5.97 Å². The summed E-state index contributed by atoms with van der Waals surface area (Å²) in [6, 6.07) is -0.671. The summed E-state index contributed by atoms with van der Waals surface area (Å²) in [5.41, 5.74) is 11.0. The van der Waals surface area contributed by atoms with E-state index in [0.717, 1.165) is 6.42 Å². The van der Waals surface area contributed by atoms with Gasteiger partial charge in [0.05, 0.1) is 19.8 Å². The van der Waals surface area contributed by atoms with E-state index in [9.17, 15) is 4.79 Å². The van der Waals surface area contributed by atoms with Crippen molar-refractivity contribution >= 4 is 18.6 Å². The highest BCUT2D eigenvalue weighted by atomic mass is 32.1. The molecular weight excluding hydrogens is 276 g/mol. The normalized spacial score (nSPS) is 16.6. The van der Waals surface area contributed by atoms with Gasteiger partial charge < -0.3 is 20.9 Å². The molecule has 0 rings (SSSR count). The highest BCUT2D eigenvalue weighted by molar-refractivity contribution is 7.80. The first-order valence-electron chi connectivity index (χ1n) is 7.00. The van der Waals surface area contributed by atoms with Crippen LogP contribution in [-0.2, 0) is 14.3 Å². The van der Waals surface area contributed by atoms with Crippen LogP contribution in [0, 0.1) is 10.8 Å². The van der Waals surface area contributed by atoms with Crippen molar-refractivity contribution in [3.63, 3.8) is 0 Å². The van der Waals surface area contributed by atoms with Gasteiger partial charge in [-0.3, -0.25) is 4.79 Å². The van der Waals surface area contributed by atoms with Gasteiger partial charge in [0.1, 0.15) is 6.04 Å². The third-order valence-electron chi connectivity index (χ3n) is 3.39. The molecule has 120 valence electrons. The summed E-state index contributed by atoms with van der Waals surface area (Å²) in [7, 11) is 0. The van der Waals surface area contributed by atoms with Crippen LogP contribution in [0.4, 0.5) is 0 Å². The molecule has 0 aliphatic carbocycles. The van der Waals surface area contributed by atoms with Crippen molar-refractivity contribution in [3.8, 4) is 0 Å². The van der Waals surface area contributed by atoms with E-state index in [-0.39, 0.29) is 23.2 Å². The lowest BCUT2D eigenvalue weighted by molar-refractivity contribution is -0.149. The zero-order chi connectivity index (χ0) is 15.8. The Hall–Kier alpha value is -0.300. The van der Waals surface area contributed by atoms with Crippen LogP contribution in [-0.4, -0.2) is 44.1 Å². The van der Waals surface area contributed by atoms with E-state index >= 15 is 0 Å². The monoisotopic (exact) mass is 306 g/mol. The molecule has 0 heterocycles. The minimum atomic E-state index is -0.671. The Labute approximate surface area is 128 Å². The second kappa shape index (κ2) is 8.87. The van der Waals surface area contributed by atoms with Crippen LogP contribution in [0.2, 0.25) is 0 Å². The lowest BCUT2D eigenvalue weighted by Gasteiger charge is -2.30. The zero-order valence-corrected chi connectivity index (χ0v) is 14.0. The molecule has 0 saturated carbocycles. The van der Waals surface area contributed by atoms with Crippen LogP contribution in [0.15, 0.2) is 0 Å². The third-order valence-corrected chi connectivity index (χ3v) is 3.79. The van der Waals surface area contributed by atoms with Crippen molar-refractivity contribution in [2.75, 3.05) is 32.1 Å². The van der Waals surface area contributed by atoms with Gasteiger partial charge in [0.15, 0.2) is 0 Å². The maximum absolute atomic E-state index is 11.5. The van der Waals surface area contributed by atoms with Gasteiger partial charge in [0.2, 0.25) is 0 Å². The fourth-order valence-corrected chi connectivity index (χ4v) is 1.52. The summed E-state index contributed by atoms with van der Waals surface area (Å²) >= 11 is 3.97. The Bertz CT molecular complexity index is 294. The minimum absolute atomic E-state index is 0.00113. The van der Waals surface area contributed by atoms with E-state index in [0.29, 0.717) is 19.8 Å². The highest BCUT2D eigenvalue weighted by Gasteiger charge is 2.25. The average Bonchev–Trinajstić information content (AvgIpc) is 2.43. The number of carbonyl (C=O) groups is 1. The summed E-state index contributed by atoms with van der Waals surface area (Å²) in [5.74, 6) is -0.144. The first kappa shape index (κ1) is 19.7. The van der Waals surface area contributed by atoms with Gasteiger partial charge in [-0.1, -0.05) is 27.7 Å². The molecule has 0 radical (unpaired) electrons. The van der Waals surface area contributed by atoms with Crippen LogP contribution in [0.5, 0.6) is 0 Å². The molecule has 2 atom stereocenters. The molecule has 4 N–H and O–H groups in total. The van der Waals surface area contributed by atoms with E-state index in [1.54, 1.807) is 0 Å². The van der Waals surface area contributed by atoms with Crippen molar-refractivity contribution in [2.24, 2.45) is 22.3 Å². The molecule has 0 aliphatic rings. The molecular formula is C14H30N2O3S. The lowest BCUT2D eigenvalue weighted by atomic mass is 9.88. The number of nitrogens with two attached hydrogens (primary N) is 2. The Morgan fingerprint density at radius 2 is 1.85 bits per heavy atom. The molecule has 2 unspecified atom stereocenters. The van der Waals surface area contributed by atoms with E-state index in [2.05, 4.69) is 26.5 Å². The van der Waals surface area contributed by atoms with Crippen molar-refractivity contribution in [2.45, 2.75) is 40.2 Å². The molecule has 0 aromatic carbocycles. The summed E-state index contributed by atoms with van der Waals surface area (Å²) in [5, 5.41) is 0. The predicted molar refractivity (Wildman–Crippen MR) is 84.8 cm³/mol. The smallest absolute Gasteiger partial charge is 0.323 e. The quantitative estimate of drug-likeness (QED) is 0.417. The number of ether oxygens (including phenoxy) is 2. The van der Waals surface area contributed by atoms with E-state index in [4.69, 9.17) is 20.9 Å². The Morgan fingerprint density at radius 1 is 1.25 bits per heavy atom. The topological polar surface area (TPSA) is 87.6 Å². The molecule has 0 aromatic rings. The minimum Gasteiger partial charge on any atom is -0.464 e. The second-order valence-electron chi connectivity index (χ2n) is 6.42. The number of thiol groups is 1. The first-order valence-corrected chi connectivity index (χ1v) is 7.64. The molecule has 0 spiro atoms. The molecule has 0 saturated heterocycles. The van der Waals surface area contributed by atoms with Gasteiger partial charge in [-0.2, -0.15) is 12.6 Å². The van der Waals surface area contributed by atoms with Crippen LogP contribution >= 0.6 is 12.6 Å². The van der Waals surface area contributed by atoms with E-state index in [1.807, 2.05) is 13.8 Å². The van der Waals surface area contributed by atoms with Gasteiger partial charge in [-0.25, -0.2) is 0 Å². The van der Waals surface area contributed by atoms with Crippen molar-refractivity contribution < 1.29 is 14.3 Å². The Kier molecular flexibility index (Phi) is 8.74. The third kappa shape index (κ3) is 7.47. The molecule has 0 amide bonds. The molecule has 0 bridgehead atoms. The summed E-state index contributed by atoms with van der Waals surface area (Å²) in [6.07, 6.45) is 0.968. The largest absolute Gasteiger partial charge is 0.464 e. The van der Waals surface area contributed by atoms with Crippen LogP contribution < -0.4 is 11.5 Å². The predicted octanol–water partition coefficient (Wildman–Crippen LogP) is 1.20. The summed E-state index contributed by atoms with van der Waals surface area (Å²) < 4.78 is 10.9. The maximum atomic E-state index is 11.5. The molecule has 6 heteroatoms. The molecule has 0 aliphatic heterocycles. The summed E-state index contributed by atoms with van der Waals surface area (Å²) in [6.45, 7) is 10.2. The van der Waals surface area contributed by atoms with Crippen molar-refractivity contribution in [1.29, 1.82) is 0 Å². The number of hydrogen-bond acceptors (Lipinski definition) is 6. The second-order valence-corrected chi connectivity index (χ2v) is 6.79.